The number of hydrogen-bond donors (Lipinski definition) is 0. The molecule has 0 saturated heterocycles. The minimum atomic E-state index is -0.614. The Labute approximate surface area is 201 Å². The van der Waals surface area contributed by atoms with E-state index in [-0.39, 0.29) is 42.5 Å². The fourth-order valence-corrected chi connectivity index (χ4v) is 5.02. The van der Waals surface area contributed by atoms with Gasteiger partial charge in [0.1, 0.15) is 30.5 Å². The SMILES string of the molecule is CC(C)N(CC(=O)N1CCc2sccc2[C@H]1COc1ccc(F)cc1)C(=O)c1ccccc1F. The smallest absolute Gasteiger partial charge is 0.257 e. The summed E-state index contributed by atoms with van der Waals surface area (Å²) in [6.45, 7) is 4.12. The monoisotopic (exact) mass is 484 g/mol. The Balaban J connectivity index is 1.54. The van der Waals surface area contributed by atoms with Crippen LogP contribution in [0.1, 0.15) is 40.7 Å². The van der Waals surface area contributed by atoms with Crippen molar-refractivity contribution in [2.75, 3.05) is 19.7 Å². The summed E-state index contributed by atoms with van der Waals surface area (Å²) < 4.78 is 33.4. The van der Waals surface area contributed by atoms with Crippen LogP contribution < -0.4 is 4.74 Å². The standard InChI is InChI=1S/C26H26F2N2O3S/c1-17(2)30(26(32)20-5-3-4-6-22(20)28)15-25(31)29-13-11-24-21(12-14-34-24)23(29)16-33-19-9-7-18(27)8-10-19/h3-10,12,14,17,23H,11,13,15-16H2,1-2H3/t23-/m1/s1. The molecular weight excluding hydrogens is 458 g/mol. The zero-order valence-corrected chi connectivity index (χ0v) is 19.9. The number of ether oxygens (including phenoxy) is 1. The molecule has 1 aliphatic rings. The number of fused-ring (bicyclic) bond motifs is 1. The largest absolute Gasteiger partial charge is 0.491 e. The van der Waals surface area contributed by atoms with Crippen molar-refractivity contribution in [3.05, 3.63) is 87.6 Å². The van der Waals surface area contributed by atoms with Crippen LogP contribution in [0.5, 0.6) is 5.75 Å². The predicted molar refractivity (Wildman–Crippen MR) is 127 cm³/mol. The molecule has 0 radical (unpaired) electrons. The lowest BCUT2D eigenvalue weighted by Crippen LogP contribution is -2.49. The second-order valence-corrected chi connectivity index (χ2v) is 9.42. The molecule has 0 spiro atoms. The third-order valence-corrected chi connectivity index (χ3v) is 6.93. The molecule has 1 aromatic heterocycles. The molecule has 0 aliphatic carbocycles. The fraction of sp³-hybridized carbons (Fsp3) is 0.308. The summed E-state index contributed by atoms with van der Waals surface area (Å²) in [6, 6.07) is 12.9. The third-order valence-electron chi connectivity index (χ3n) is 5.93. The highest BCUT2D eigenvalue weighted by Crippen LogP contribution is 2.34. The summed E-state index contributed by atoms with van der Waals surface area (Å²) in [5.41, 5.74) is 0.960. The molecule has 8 heteroatoms. The van der Waals surface area contributed by atoms with Crippen molar-refractivity contribution >= 4 is 23.2 Å². The van der Waals surface area contributed by atoms with Gasteiger partial charge in [-0.2, -0.15) is 0 Å². The maximum Gasteiger partial charge on any atom is 0.257 e. The van der Waals surface area contributed by atoms with Crippen LogP contribution in [-0.4, -0.2) is 47.4 Å². The van der Waals surface area contributed by atoms with Gasteiger partial charge in [-0.05, 0) is 73.7 Å². The van der Waals surface area contributed by atoms with Gasteiger partial charge in [0.2, 0.25) is 5.91 Å². The first-order valence-corrected chi connectivity index (χ1v) is 12.0. The van der Waals surface area contributed by atoms with E-state index in [1.54, 1.807) is 48.3 Å². The van der Waals surface area contributed by atoms with Gasteiger partial charge in [0, 0.05) is 17.5 Å². The van der Waals surface area contributed by atoms with E-state index in [9.17, 15) is 18.4 Å². The Kier molecular flexibility index (Phi) is 7.26. The van der Waals surface area contributed by atoms with Crippen LogP contribution in [0.3, 0.4) is 0 Å². The quantitative estimate of drug-likeness (QED) is 0.470. The van der Waals surface area contributed by atoms with Gasteiger partial charge in [0.05, 0.1) is 11.6 Å². The van der Waals surface area contributed by atoms with Crippen molar-refractivity contribution in [1.29, 1.82) is 0 Å². The lowest BCUT2D eigenvalue weighted by Gasteiger charge is -2.37. The lowest BCUT2D eigenvalue weighted by atomic mass is 10.00. The first-order chi connectivity index (χ1) is 16.3. The predicted octanol–water partition coefficient (Wildman–Crippen LogP) is 5.08. The Morgan fingerprint density at radius 1 is 1.12 bits per heavy atom. The van der Waals surface area contributed by atoms with Gasteiger partial charge in [0.15, 0.2) is 0 Å². The molecule has 5 nitrogen and oxygen atoms in total. The van der Waals surface area contributed by atoms with E-state index in [0.717, 1.165) is 5.56 Å². The number of amides is 2. The number of carbonyl (C=O) groups excluding carboxylic acids is 2. The molecule has 4 rings (SSSR count). The van der Waals surface area contributed by atoms with Crippen molar-refractivity contribution in [2.24, 2.45) is 0 Å². The molecule has 3 aromatic rings. The van der Waals surface area contributed by atoms with Gasteiger partial charge in [-0.25, -0.2) is 8.78 Å². The molecule has 0 bridgehead atoms. The van der Waals surface area contributed by atoms with E-state index >= 15 is 0 Å². The Bertz CT molecular complexity index is 1160. The van der Waals surface area contributed by atoms with Gasteiger partial charge >= 0.3 is 0 Å². The molecular formula is C26H26F2N2O3S. The van der Waals surface area contributed by atoms with Gasteiger partial charge in [0.25, 0.3) is 5.91 Å². The first-order valence-electron chi connectivity index (χ1n) is 11.1. The van der Waals surface area contributed by atoms with Crippen LogP contribution in [0.15, 0.2) is 60.0 Å². The number of hydrogen-bond acceptors (Lipinski definition) is 4. The van der Waals surface area contributed by atoms with Gasteiger partial charge < -0.3 is 14.5 Å². The second-order valence-electron chi connectivity index (χ2n) is 8.42. The zero-order valence-electron chi connectivity index (χ0n) is 19.0. The molecule has 178 valence electrons. The van der Waals surface area contributed by atoms with Gasteiger partial charge in [-0.1, -0.05) is 12.1 Å². The van der Waals surface area contributed by atoms with Crippen LogP contribution in [0, 0.1) is 11.6 Å². The van der Waals surface area contributed by atoms with Crippen LogP contribution in [0.25, 0.3) is 0 Å². The normalized spacial score (nSPS) is 15.2. The summed E-state index contributed by atoms with van der Waals surface area (Å²) in [6.07, 6.45) is 0.717. The van der Waals surface area contributed by atoms with Crippen molar-refractivity contribution < 1.29 is 23.1 Å². The highest BCUT2D eigenvalue weighted by atomic mass is 32.1. The Hall–Kier alpha value is -3.26. The summed E-state index contributed by atoms with van der Waals surface area (Å²) in [4.78, 5) is 30.8. The van der Waals surface area contributed by atoms with E-state index in [1.807, 2.05) is 11.4 Å². The van der Waals surface area contributed by atoms with Gasteiger partial charge in [-0.3, -0.25) is 9.59 Å². The summed E-state index contributed by atoms with van der Waals surface area (Å²) in [7, 11) is 0. The summed E-state index contributed by atoms with van der Waals surface area (Å²) in [5, 5.41) is 1.99. The molecule has 0 unspecified atom stereocenters. The fourth-order valence-electron chi connectivity index (χ4n) is 4.10. The maximum atomic E-state index is 14.3. The minimum Gasteiger partial charge on any atom is -0.491 e. The first kappa shape index (κ1) is 23.9. The number of halogens is 2. The molecule has 2 heterocycles. The average molecular weight is 485 g/mol. The van der Waals surface area contributed by atoms with E-state index < -0.39 is 11.7 Å². The number of nitrogens with zero attached hydrogens (tertiary/aromatic N) is 2. The molecule has 2 aromatic carbocycles. The Morgan fingerprint density at radius 2 is 1.85 bits per heavy atom. The van der Waals surface area contributed by atoms with E-state index in [1.165, 1.54) is 40.1 Å². The molecule has 1 atom stereocenters. The number of thiophene rings is 1. The number of carbonyl (C=O) groups is 2. The van der Waals surface area contributed by atoms with Crippen LogP contribution >= 0.6 is 11.3 Å². The molecule has 0 saturated carbocycles. The molecule has 2 amide bonds. The van der Waals surface area contributed by atoms with Crippen molar-refractivity contribution in [1.82, 2.24) is 9.80 Å². The molecule has 0 fully saturated rings. The molecule has 1 aliphatic heterocycles. The van der Waals surface area contributed by atoms with E-state index in [4.69, 9.17) is 4.74 Å². The van der Waals surface area contributed by atoms with Crippen LogP contribution in [0.2, 0.25) is 0 Å². The average Bonchev–Trinajstić information content (AvgIpc) is 3.31. The van der Waals surface area contributed by atoms with Crippen molar-refractivity contribution in [2.45, 2.75) is 32.4 Å². The van der Waals surface area contributed by atoms with Crippen molar-refractivity contribution in [3.63, 3.8) is 0 Å². The minimum absolute atomic E-state index is 0.0565. The second kappa shape index (κ2) is 10.3. The highest BCUT2D eigenvalue weighted by molar-refractivity contribution is 7.10. The van der Waals surface area contributed by atoms with E-state index in [0.29, 0.717) is 18.7 Å². The lowest BCUT2D eigenvalue weighted by molar-refractivity contribution is -0.136. The number of benzene rings is 2. The van der Waals surface area contributed by atoms with E-state index in [2.05, 4.69) is 0 Å². The maximum absolute atomic E-state index is 14.3. The van der Waals surface area contributed by atoms with Crippen LogP contribution in [-0.2, 0) is 11.2 Å². The third kappa shape index (κ3) is 5.12. The molecule has 0 N–H and O–H groups in total. The molecule has 34 heavy (non-hydrogen) atoms. The zero-order chi connectivity index (χ0) is 24.2. The Morgan fingerprint density at radius 3 is 2.56 bits per heavy atom. The highest BCUT2D eigenvalue weighted by Gasteiger charge is 2.34. The van der Waals surface area contributed by atoms with Crippen molar-refractivity contribution in [3.8, 4) is 5.75 Å². The van der Waals surface area contributed by atoms with Crippen LogP contribution in [0.4, 0.5) is 8.78 Å². The summed E-state index contributed by atoms with van der Waals surface area (Å²) in [5.74, 6) is -1.21. The van der Waals surface area contributed by atoms with Gasteiger partial charge in [-0.15, -0.1) is 11.3 Å². The topological polar surface area (TPSA) is 49.9 Å². The number of rotatable bonds is 7. The summed E-state index contributed by atoms with van der Waals surface area (Å²) >= 11 is 1.64.